The largest absolute Gasteiger partial charge is 0.496 e. The van der Waals surface area contributed by atoms with E-state index in [-0.39, 0.29) is 17.4 Å². The van der Waals surface area contributed by atoms with Crippen LogP contribution in [0.5, 0.6) is 28.7 Å². The van der Waals surface area contributed by atoms with Gasteiger partial charge < -0.3 is 39.6 Å². The molecule has 4 aromatic rings. The van der Waals surface area contributed by atoms with Gasteiger partial charge in [-0.3, -0.25) is 14.4 Å². The Hall–Kier alpha value is -5.62. The highest BCUT2D eigenvalue weighted by Gasteiger charge is 2.18. The summed E-state index contributed by atoms with van der Waals surface area (Å²) >= 11 is 1.34. The lowest BCUT2D eigenvalue weighted by molar-refractivity contribution is -0.114. The standard InChI is InChI=1S/C35H33N3O8S/c1-42-29-20-31(44-3)30(43-2)18-23(29)17-27(38-34(40)22-7-5-4-6-8-22)35(41)37-24-9-12-26(13-10-24)47-21-33(39)36-25-11-14-28-32(19-25)46-16-15-45-28/h4-14,17-20H,15-16,21H2,1-3H3,(H,36,39)(H,37,41)(H,38,40)/b27-17-. The van der Waals surface area contributed by atoms with Gasteiger partial charge >= 0.3 is 0 Å². The minimum Gasteiger partial charge on any atom is -0.496 e. The Morgan fingerprint density at radius 3 is 2.11 bits per heavy atom. The van der Waals surface area contributed by atoms with E-state index in [0.717, 1.165) is 4.90 Å². The maximum Gasteiger partial charge on any atom is 0.272 e. The van der Waals surface area contributed by atoms with Gasteiger partial charge in [-0.15, -0.1) is 11.8 Å². The van der Waals surface area contributed by atoms with Crippen molar-refractivity contribution in [3.8, 4) is 28.7 Å². The Morgan fingerprint density at radius 1 is 0.745 bits per heavy atom. The van der Waals surface area contributed by atoms with Crippen LogP contribution in [0.4, 0.5) is 11.4 Å². The fourth-order valence-corrected chi connectivity index (χ4v) is 5.26. The first kappa shape index (κ1) is 32.8. The van der Waals surface area contributed by atoms with Crippen molar-refractivity contribution in [2.24, 2.45) is 0 Å². The molecule has 47 heavy (non-hydrogen) atoms. The van der Waals surface area contributed by atoms with Gasteiger partial charge in [-0.25, -0.2) is 0 Å². The number of hydrogen-bond acceptors (Lipinski definition) is 9. The number of nitrogens with one attached hydrogen (secondary N) is 3. The van der Waals surface area contributed by atoms with E-state index < -0.39 is 11.8 Å². The molecule has 0 saturated heterocycles. The first-order chi connectivity index (χ1) is 22.9. The molecule has 3 N–H and O–H groups in total. The maximum atomic E-state index is 13.6. The molecule has 11 nitrogen and oxygen atoms in total. The minimum absolute atomic E-state index is 0.0290. The van der Waals surface area contributed by atoms with E-state index >= 15 is 0 Å². The summed E-state index contributed by atoms with van der Waals surface area (Å²) in [6.45, 7) is 0.957. The molecule has 0 fully saturated rings. The highest BCUT2D eigenvalue weighted by atomic mass is 32.2. The van der Waals surface area contributed by atoms with E-state index in [1.807, 2.05) is 0 Å². The van der Waals surface area contributed by atoms with Gasteiger partial charge in [0.2, 0.25) is 5.91 Å². The monoisotopic (exact) mass is 655 g/mol. The molecule has 1 heterocycles. The molecule has 1 aliphatic rings. The summed E-state index contributed by atoms with van der Waals surface area (Å²) in [6, 6.07) is 24.1. The summed E-state index contributed by atoms with van der Waals surface area (Å²) in [7, 11) is 4.49. The normalized spacial score (nSPS) is 12.0. The van der Waals surface area contributed by atoms with E-state index in [0.29, 0.717) is 64.5 Å². The SMILES string of the molecule is COc1cc(OC)c(OC)cc1/C=C(\NC(=O)c1ccccc1)C(=O)Nc1ccc(SCC(=O)Nc2ccc3c(c2)OCCO3)cc1. The van der Waals surface area contributed by atoms with Crippen molar-refractivity contribution in [3.05, 3.63) is 102 Å². The number of carbonyl (C=O) groups is 3. The fraction of sp³-hybridized carbons (Fsp3) is 0.171. The number of hydrogen-bond donors (Lipinski definition) is 3. The molecule has 0 aromatic heterocycles. The summed E-state index contributed by atoms with van der Waals surface area (Å²) < 4.78 is 27.4. The topological polar surface area (TPSA) is 133 Å². The highest BCUT2D eigenvalue weighted by molar-refractivity contribution is 8.00. The molecule has 5 rings (SSSR count). The fourth-order valence-electron chi connectivity index (χ4n) is 4.56. The van der Waals surface area contributed by atoms with E-state index in [1.165, 1.54) is 39.2 Å². The van der Waals surface area contributed by atoms with Gasteiger partial charge in [0.05, 0.1) is 27.1 Å². The molecule has 0 spiro atoms. The first-order valence-electron chi connectivity index (χ1n) is 14.5. The van der Waals surface area contributed by atoms with Crippen LogP contribution in [0, 0.1) is 0 Å². The average molecular weight is 656 g/mol. The number of carbonyl (C=O) groups excluding carboxylic acids is 3. The predicted molar refractivity (Wildman–Crippen MR) is 180 cm³/mol. The molecule has 4 aromatic carbocycles. The van der Waals surface area contributed by atoms with E-state index in [4.69, 9.17) is 23.7 Å². The zero-order valence-electron chi connectivity index (χ0n) is 26.0. The second kappa shape index (κ2) is 15.6. The van der Waals surface area contributed by atoms with Crippen LogP contribution in [0.2, 0.25) is 0 Å². The van der Waals surface area contributed by atoms with E-state index in [2.05, 4.69) is 16.0 Å². The van der Waals surface area contributed by atoms with Gasteiger partial charge in [0.25, 0.3) is 11.8 Å². The van der Waals surface area contributed by atoms with Crippen LogP contribution in [-0.2, 0) is 9.59 Å². The number of amides is 3. The van der Waals surface area contributed by atoms with Crippen LogP contribution < -0.4 is 39.6 Å². The van der Waals surface area contributed by atoms with Crippen molar-refractivity contribution in [2.45, 2.75) is 4.90 Å². The molecule has 242 valence electrons. The molecule has 1 aliphatic heterocycles. The first-order valence-corrected chi connectivity index (χ1v) is 15.5. The molecule has 3 amide bonds. The van der Waals surface area contributed by atoms with Gasteiger partial charge in [-0.2, -0.15) is 0 Å². The summed E-state index contributed by atoms with van der Waals surface area (Å²) in [4.78, 5) is 40.0. The third-order valence-electron chi connectivity index (χ3n) is 6.87. The zero-order valence-corrected chi connectivity index (χ0v) is 26.8. The maximum absolute atomic E-state index is 13.6. The quantitative estimate of drug-likeness (QED) is 0.131. The molecule has 0 atom stereocenters. The predicted octanol–water partition coefficient (Wildman–Crippen LogP) is 5.62. The highest BCUT2D eigenvalue weighted by Crippen LogP contribution is 2.36. The van der Waals surface area contributed by atoms with Crippen LogP contribution in [0.1, 0.15) is 15.9 Å². The van der Waals surface area contributed by atoms with E-state index in [1.54, 1.807) is 84.9 Å². The Labute approximate surface area is 276 Å². The third kappa shape index (κ3) is 8.56. The van der Waals surface area contributed by atoms with Crippen molar-refractivity contribution in [3.63, 3.8) is 0 Å². The summed E-state index contributed by atoms with van der Waals surface area (Å²) in [6.07, 6.45) is 1.50. The molecular weight excluding hydrogens is 622 g/mol. The lowest BCUT2D eigenvalue weighted by atomic mass is 10.1. The number of rotatable bonds is 12. The minimum atomic E-state index is -0.565. The van der Waals surface area contributed by atoms with Gasteiger partial charge in [-0.05, 0) is 60.7 Å². The van der Waals surface area contributed by atoms with Crippen LogP contribution in [0.3, 0.4) is 0 Å². The second-order valence-electron chi connectivity index (χ2n) is 10.0. The molecule has 12 heteroatoms. The Kier molecular flexibility index (Phi) is 10.9. The second-order valence-corrected chi connectivity index (χ2v) is 11.0. The number of ether oxygens (including phenoxy) is 5. The van der Waals surface area contributed by atoms with Gasteiger partial charge in [0.15, 0.2) is 23.0 Å². The van der Waals surface area contributed by atoms with E-state index in [9.17, 15) is 14.4 Å². The van der Waals surface area contributed by atoms with Gasteiger partial charge in [0.1, 0.15) is 24.7 Å². The summed E-state index contributed by atoms with van der Waals surface area (Å²) in [5.41, 5.74) is 1.93. The number of thioether (sulfide) groups is 1. The number of anilines is 2. The van der Waals surface area contributed by atoms with Crippen LogP contribution in [0.25, 0.3) is 6.08 Å². The van der Waals surface area contributed by atoms with Crippen LogP contribution >= 0.6 is 11.8 Å². The van der Waals surface area contributed by atoms with Crippen molar-refractivity contribution < 1.29 is 38.1 Å². The molecule has 0 saturated carbocycles. The lowest BCUT2D eigenvalue weighted by Gasteiger charge is -2.19. The Bertz CT molecular complexity index is 1780. The van der Waals surface area contributed by atoms with Crippen molar-refractivity contribution in [2.75, 3.05) is 50.9 Å². The number of fused-ring (bicyclic) bond motifs is 1. The molecule has 0 radical (unpaired) electrons. The van der Waals surface area contributed by atoms with Gasteiger partial charge in [0, 0.05) is 39.5 Å². The lowest BCUT2D eigenvalue weighted by Crippen LogP contribution is -2.30. The summed E-state index contributed by atoms with van der Waals surface area (Å²) in [5.74, 6) is 1.47. The molecule has 0 bridgehead atoms. The average Bonchev–Trinajstić information content (AvgIpc) is 3.11. The molecule has 0 aliphatic carbocycles. The molecule has 0 unspecified atom stereocenters. The third-order valence-corrected chi connectivity index (χ3v) is 7.88. The number of methoxy groups -OCH3 is 3. The Balaban J connectivity index is 1.27. The van der Waals surface area contributed by atoms with Crippen molar-refractivity contribution in [1.82, 2.24) is 5.32 Å². The zero-order chi connectivity index (χ0) is 33.2. The van der Waals surface area contributed by atoms with Crippen LogP contribution in [-0.4, -0.2) is 58.0 Å². The Morgan fingerprint density at radius 2 is 1.40 bits per heavy atom. The number of benzene rings is 4. The molecular formula is C35H33N3O8S. The van der Waals surface area contributed by atoms with Crippen LogP contribution in [0.15, 0.2) is 95.5 Å². The van der Waals surface area contributed by atoms with Crippen molar-refractivity contribution in [1.29, 1.82) is 0 Å². The van der Waals surface area contributed by atoms with Gasteiger partial charge in [-0.1, -0.05) is 18.2 Å². The van der Waals surface area contributed by atoms with Crippen molar-refractivity contribution >= 4 is 46.9 Å². The summed E-state index contributed by atoms with van der Waals surface area (Å²) in [5, 5.41) is 8.41. The smallest absolute Gasteiger partial charge is 0.272 e.